The Kier molecular flexibility index (Phi) is 2.57. The van der Waals surface area contributed by atoms with Crippen molar-refractivity contribution in [2.24, 2.45) is 0 Å². The Hall–Kier alpha value is -1.80. The maximum absolute atomic E-state index is 5.72. The van der Waals surface area contributed by atoms with Gasteiger partial charge >= 0.3 is 0 Å². The van der Waals surface area contributed by atoms with Crippen LogP contribution in [0.25, 0.3) is 0 Å². The summed E-state index contributed by atoms with van der Waals surface area (Å²) in [5.74, 6) is 0.880. The smallest absolute Gasteiger partial charge is 0.118 e. The van der Waals surface area contributed by atoms with Crippen LogP contribution in [0.2, 0.25) is 0 Å². The van der Waals surface area contributed by atoms with Gasteiger partial charge in [-0.25, -0.2) is 0 Å². The molecule has 0 N–H and O–H groups in total. The van der Waals surface area contributed by atoms with Crippen LogP contribution in [0.15, 0.2) is 54.6 Å². The summed E-state index contributed by atoms with van der Waals surface area (Å²) in [6.07, 6.45) is 0.410. The zero-order valence-corrected chi connectivity index (χ0v) is 9.67. The maximum atomic E-state index is 5.72. The highest BCUT2D eigenvalue weighted by atomic mass is 16.6. The molecule has 17 heavy (non-hydrogen) atoms. The van der Waals surface area contributed by atoms with Gasteiger partial charge in [0.2, 0.25) is 0 Å². The fourth-order valence-electron chi connectivity index (χ4n) is 2.06. The van der Waals surface area contributed by atoms with Crippen molar-refractivity contribution in [1.82, 2.24) is 0 Å². The minimum absolute atomic E-state index is 0.198. The van der Waals surface area contributed by atoms with Gasteiger partial charge < -0.3 is 9.47 Å². The van der Waals surface area contributed by atoms with Crippen LogP contribution >= 0.6 is 0 Å². The van der Waals surface area contributed by atoms with Gasteiger partial charge in [-0.1, -0.05) is 42.5 Å². The number of hydrogen-bond acceptors (Lipinski definition) is 2. The van der Waals surface area contributed by atoms with E-state index in [1.807, 2.05) is 30.3 Å². The van der Waals surface area contributed by atoms with Gasteiger partial charge in [-0.3, -0.25) is 0 Å². The Bertz CT molecular complexity index is 490. The van der Waals surface area contributed by atoms with E-state index in [-0.39, 0.29) is 12.2 Å². The molecule has 2 aromatic carbocycles. The van der Waals surface area contributed by atoms with Crippen molar-refractivity contribution in [2.45, 2.75) is 12.2 Å². The molecule has 0 radical (unpaired) electrons. The predicted octanol–water partition coefficient (Wildman–Crippen LogP) is 3.51. The quantitative estimate of drug-likeness (QED) is 0.747. The van der Waals surface area contributed by atoms with Crippen LogP contribution in [0.4, 0.5) is 0 Å². The number of ether oxygens (including phenoxy) is 2. The Morgan fingerprint density at radius 1 is 0.824 bits per heavy atom. The average molecular weight is 226 g/mol. The van der Waals surface area contributed by atoms with Gasteiger partial charge in [0.15, 0.2) is 0 Å². The molecule has 1 fully saturated rings. The Morgan fingerprint density at radius 3 is 2.00 bits per heavy atom. The van der Waals surface area contributed by atoms with Gasteiger partial charge in [0.1, 0.15) is 18.0 Å². The molecule has 2 heteroatoms. The van der Waals surface area contributed by atoms with Crippen LogP contribution in [0.5, 0.6) is 5.75 Å². The highest BCUT2D eigenvalue weighted by molar-refractivity contribution is 5.33. The normalized spacial score (nSPS) is 22.2. The number of rotatable bonds is 3. The van der Waals surface area contributed by atoms with Gasteiger partial charge in [-0.15, -0.1) is 0 Å². The molecule has 0 unspecified atom stereocenters. The first kappa shape index (κ1) is 10.4. The van der Waals surface area contributed by atoms with Gasteiger partial charge in [0.05, 0.1) is 7.11 Å². The highest BCUT2D eigenvalue weighted by Crippen LogP contribution is 2.50. The molecular weight excluding hydrogens is 212 g/mol. The largest absolute Gasteiger partial charge is 0.497 e. The van der Waals surface area contributed by atoms with E-state index >= 15 is 0 Å². The third kappa shape index (κ3) is 2.04. The molecule has 3 rings (SSSR count). The first-order valence-electron chi connectivity index (χ1n) is 5.73. The van der Waals surface area contributed by atoms with E-state index in [9.17, 15) is 0 Å². The summed E-state index contributed by atoms with van der Waals surface area (Å²) in [6, 6.07) is 18.4. The maximum Gasteiger partial charge on any atom is 0.118 e. The lowest BCUT2D eigenvalue weighted by atomic mass is 10.0. The van der Waals surface area contributed by atoms with E-state index in [1.165, 1.54) is 11.1 Å². The van der Waals surface area contributed by atoms with Crippen molar-refractivity contribution >= 4 is 0 Å². The molecule has 0 amide bonds. The van der Waals surface area contributed by atoms with E-state index in [2.05, 4.69) is 24.3 Å². The molecule has 0 bridgehead atoms. The van der Waals surface area contributed by atoms with Crippen LogP contribution in [0.1, 0.15) is 23.3 Å². The lowest BCUT2D eigenvalue weighted by molar-refractivity contribution is 0.377. The molecule has 0 saturated carbocycles. The Labute approximate surface area is 101 Å². The number of epoxide rings is 1. The van der Waals surface area contributed by atoms with Crippen molar-refractivity contribution in [2.75, 3.05) is 7.11 Å². The third-order valence-corrected chi connectivity index (χ3v) is 3.06. The molecule has 0 spiro atoms. The molecule has 1 aliphatic rings. The fraction of sp³-hybridized carbons (Fsp3) is 0.200. The molecule has 2 nitrogen and oxygen atoms in total. The number of benzene rings is 2. The molecular formula is C15H14O2. The van der Waals surface area contributed by atoms with E-state index in [1.54, 1.807) is 7.11 Å². The zero-order valence-electron chi connectivity index (χ0n) is 9.67. The molecule has 2 atom stereocenters. The fourth-order valence-corrected chi connectivity index (χ4v) is 2.06. The van der Waals surface area contributed by atoms with Crippen molar-refractivity contribution in [3.05, 3.63) is 65.7 Å². The minimum atomic E-state index is 0.198. The van der Waals surface area contributed by atoms with E-state index < -0.39 is 0 Å². The number of hydrogen-bond donors (Lipinski definition) is 0. The first-order chi connectivity index (χ1) is 8.38. The lowest BCUT2D eigenvalue weighted by Gasteiger charge is -2.00. The molecule has 0 aliphatic carbocycles. The van der Waals surface area contributed by atoms with Crippen LogP contribution in [-0.2, 0) is 4.74 Å². The Balaban J connectivity index is 1.76. The monoisotopic (exact) mass is 226 g/mol. The molecule has 86 valence electrons. The average Bonchev–Trinajstić information content (AvgIpc) is 3.20. The third-order valence-electron chi connectivity index (χ3n) is 3.06. The molecule has 2 aromatic rings. The standard InChI is InChI=1S/C15H14O2/c1-16-13-9-7-12(8-10-13)15-14(17-15)11-5-3-2-4-6-11/h2-10,14-15H,1H3/t14-,15+/m1/s1. The molecule has 1 heterocycles. The second-order valence-electron chi connectivity index (χ2n) is 4.16. The second kappa shape index (κ2) is 4.22. The van der Waals surface area contributed by atoms with Gasteiger partial charge in [-0.05, 0) is 23.3 Å². The van der Waals surface area contributed by atoms with Crippen LogP contribution in [0.3, 0.4) is 0 Å². The van der Waals surface area contributed by atoms with E-state index in [0.717, 1.165) is 5.75 Å². The van der Waals surface area contributed by atoms with Crippen LogP contribution in [0, 0.1) is 0 Å². The lowest BCUT2D eigenvalue weighted by Crippen LogP contribution is -1.86. The zero-order chi connectivity index (χ0) is 11.7. The molecule has 0 aromatic heterocycles. The molecule has 1 aliphatic heterocycles. The number of methoxy groups -OCH3 is 1. The summed E-state index contributed by atoms with van der Waals surface area (Å²) in [5, 5.41) is 0. The predicted molar refractivity (Wildman–Crippen MR) is 66.0 cm³/mol. The SMILES string of the molecule is COc1ccc([C@@H]2O[C@@H]2c2ccccc2)cc1. The summed E-state index contributed by atoms with van der Waals surface area (Å²) in [6.45, 7) is 0. The summed E-state index contributed by atoms with van der Waals surface area (Å²) >= 11 is 0. The van der Waals surface area contributed by atoms with Gasteiger partial charge in [0, 0.05) is 0 Å². The second-order valence-corrected chi connectivity index (χ2v) is 4.16. The van der Waals surface area contributed by atoms with Gasteiger partial charge in [-0.2, -0.15) is 0 Å². The van der Waals surface area contributed by atoms with E-state index in [4.69, 9.17) is 9.47 Å². The van der Waals surface area contributed by atoms with Crippen molar-refractivity contribution in [3.8, 4) is 5.75 Å². The van der Waals surface area contributed by atoms with Crippen LogP contribution in [-0.4, -0.2) is 7.11 Å². The summed E-state index contributed by atoms with van der Waals surface area (Å²) in [7, 11) is 1.68. The summed E-state index contributed by atoms with van der Waals surface area (Å²) < 4.78 is 10.9. The van der Waals surface area contributed by atoms with Crippen LogP contribution < -0.4 is 4.74 Å². The minimum Gasteiger partial charge on any atom is -0.497 e. The highest BCUT2D eigenvalue weighted by Gasteiger charge is 2.41. The topological polar surface area (TPSA) is 21.8 Å². The van der Waals surface area contributed by atoms with Gasteiger partial charge in [0.25, 0.3) is 0 Å². The Morgan fingerprint density at radius 2 is 1.41 bits per heavy atom. The van der Waals surface area contributed by atoms with Crippen molar-refractivity contribution < 1.29 is 9.47 Å². The summed E-state index contributed by atoms with van der Waals surface area (Å²) in [4.78, 5) is 0. The van der Waals surface area contributed by atoms with Crippen molar-refractivity contribution in [1.29, 1.82) is 0 Å². The first-order valence-corrected chi connectivity index (χ1v) is 5.73. The summed E-state index contributed by atoms with van der Waals surface area (Å²) in [5.41, 5.74) is 2.45. The van der Waals surface area contributed by atoms with Crippen molar-refractivity contribution in [3.63, 3.8) is 0 Å². The van der Waals surface area contributed by atoms with E-state index in [0.29, 0.717) is 0 Å². The molecule has 1 saturated heterocycles.